The SMILES string of the molecule is CNCC1CCN(C2CCc3ccc(OC)cc3C2)CC1. The summed E-state index contributed by atoms with van der Waals surface area (Å²) in [6, 6.07) is 7.33. The van der Waals surface area contributed by atoms with Crippen molar-refractivity contribution in [3.05, 3.63) is 29.3 Å². The van der Waals surface area contributed by atoms with Gasteiger partial charge in [-0.3, -0.25) is 0 Å². The Morgan fingerprint density at radius 3 is 2.71 bits per heavy atom. The van der Waals surface area contributed by atoms with Gasteiger partial charge in [0.15, 0.2) is 0 Å². The molecule has 3 rings (SSSR count). The lowest BCUT2D eigenvalue weighted by molar-refractivity contribution is 0.122. The quantitative estimate of drug-likeness (QED) is 0.921. The summed E-state index contributed by atoms with van der Waals surface area (Å²) in [5.41, 5.74) is 3.03. The van der Waals surface area contributed by atoms with Crippen LogP contribution in [0.3, 0.4) is 0 Å². The summed E-state index contributed by atoms with van der Waals surface area (Å²) in [6.07, 6.45) is 6.43. The molecule has 1 aliphatic carbocycles. The molecule has 1 fully saturated rings. The maximum absolute atomic E-state index is 5.38. The fourth-order valence-corrected chi connectivity index (χ4v) is 3.96. The summed E-state index contributed by atoms with van der Waals surface area (Å²) < 4.78 is 5.38. The molecular formula is C18H28N2O. The van der Waals surface area contributed by atoms with Crippen LogP contribution in [0.25, 0.3) is 0 Å². The fraction of sp³-hybridized carbons (Fsp3) is 0.667. The van der Waals surface area contributed by atoms with Gasteiger partial charge in [-0.1, -0.05) is 6.07 Å². The normalized spacial score (nSPS) is 23.8. The molecule has 0 aromatic heterocycles. The highest BCUT2D eigenvalue weighted by Gasteiger charge is 2.27. The van der Waals surface area contributed by atoms with Crippen LogP contribution in [-0.4, -0.2) is 44.7 Å². The highest BCUT2D eigenvalue weighted by molar-refractivity contribution is 5.37. The predicted octanol–water partition coefficient (Wildman–Crippen LogP) is 2.48. The van der Waals surface area contributed by atoms with E-state index in [1.807, 2.05) is 0 Å². The van der Waals surface area contributed by atoms with E-state index < -0.39 is 0 Å². The molecule has 3 heteroatoms. The van der Waals surface area contributed by atoms with E-state index in [-0.39, 0.29) is 0 Å². The van der Waals surface area contributed by atoms with Crippen LogP contribution in [-0.2, 0) is 12.8 Å². The van der Waals surface area contributed by atoms with Gasteiger partial charge in [0.1, 0.15) is 5.75 Å². The first kappa shape index (κ1) is 14.9. The minimum Gasteiger partial charge on any atom is -0.497 e. The van der Waals surface area contributed by atoms with Crippen molar-refractivity contribution < 1.29 is 4.74 Å². The van der Waals surface area contributed by atoms with E-state index in [2.05, 4.69) is 35.5 Å². The van der Waals surface area contributed by atoms with E-state index in [1.54, 1.807) is 7.11 Å². The average Bonchev–Trinajstić information content (AvgIpc) is 2.55. The third-order valence-corrected chi connectivity index (χ3v) is 5.27. The van der Waals surface area contributed by atoms with Gasteiger partial charge in [-0.15, -0.1) is 0 Å². The van der Waals surface area contributed by atoms with E-state index in [1.165, 1.54) is 62.9 Å². The number of aryl methyl sites for hydroxylation is 1. The Balaban J connectivity index is 1.61. The Labute approximate surface area is 128 Å². The number of nitrogens with one attached hydrogen (secondary N) is 1. The number of nitrogens with zero attached hydrogens (tertiary/aromatic N) is 1. The number of fused-ring (bicyclic) bond motifs is 1. The summed E-state index contributed by atoms with van der Waals surface area (Å²) in [7, 11) is 3.83. The van der Waals surface area contributed by atoms with Crippen LogP contribution < -0.4 is 10.1 Å². The van der Waals surface area contributed by atoms with Gasteiger partial charge < -0.3 is 15.0 Å². The Hall–Kier alpha value is -1.06. The number of rotatable bonds is 4. The van der Waals surface area contributed by atoms with Gasteiger partial charge in [0, 0.05) is 6.04 Å². The third kappa shape index (κ3) is 3.41. The van der Waals surface area contributed by atoms with Crippen LogP contribution in [0.4, 0.5) is 0 Å². The minimum atomic E-state index is 0.736. The van der Waals surface area contributed by atoms with Crippen LogP contribution in [0.1, 0.15) is 30.4 Å². The maximum Gasteiger partial charge on any atom is 0.119 e. The number of piperidine rings is 1. The van der Waals surface area contributed by atoms with Crippen LogP contribution in [0.5, 0.6) is 5.75 Å². The zero-order valence-corrected chi connectivity index (χ0v) is 13.4. The minimum absolute atomic E-state index is 0.736. The maximum atomic E-state index is 5.38. The van der Waals surface area contributed by atoms with E-state index >= 15 is 0 Å². The molecule has 1 unspecified atom stereocenters. The van der Waals surface area contributed by atoms with Crippen LogP contribution in [0.2, 0.25) is 0 Å². The summed E-state index contributed by atoms with van der Waals surface area (Å²) >= 11 is 0. The second-order valence-electron chi connectivity index (χ2n) is 6.57. The summed E-state index contributed by atoms with van der Waals surface area (Å²) in [5, 5.41) is 3.33. The molecule has 0 bridgehead atoms. The number of likely N-dealkylation sites (tertiary alicyclic amines) is 1. The number of ether oxygens (including phenoxy) is 1. The molecular weight excluding hydrogens is 260 g/mol. The first-order chi connectivity index (χ1) is 10.3. The Morgan fingerprint density at radius 2 is 2.00 bits per heavy atom. The summed E-state index contributed by atoms with van der Waals surface area (Å²) in [5.74, 6) is 1.88. The van der Waals surface area contributed by atoms with Crippen molar-refractivity contribution in [3.63, 3.8) is 0 Å². The van der Waals surface area contributed by atoms with E-state index in [0.717, 1.165) is 17.7 Å². The number of benzene rings is 1. The van der Waals surface area contributed by atoms with Crippen molar-refractivity contribution in [2.45, 2.75) is 38.1 Å². The molecule has 2 aliphatic rings. The lowest BCUT2D eigenvalue weighted by Gasteiger charge is -2.39. The first-order valence-corrected chi connectivity index (χ1v) is 8.34. The fourth-order valence-electron chi connectivity index (χ4n) is 3.96. The van der Waals surface area contributed by atoms with Gasteiger partial charge in [-0.2, -0.15) is 0 Å². The standard InChI is InChI=1S/C18H28N2O/c1-19-13-14-7-9-20(10-8-14)17-5-3-15-4-6-18(21-2)12-16(15)11-17/h4,6,12,14,17,19H,3,5,7-11,13H2,1-2H3. The molecule has 1 saturated heterocycles. The first-order valence-electron chi connectivity index (χ1n) is 8.34. The molecule has 0 saturated carbocycles. The van der Waals surface area contributed by atoms with Gasteiger partial charge >= 0.3 is 0 Å². The molecule has 1 atom stereocenters. The summed E-state index contributed by atoms with van der Waals surface area (Å²) in [6.45, 7) is 3.73. The van der Waals surface area contributed by atoms with E-state index in [0.29, 0.717) is 0 Å². The lowest BCUT2D eigenvalue weighted by Crippen LogP contribution is -2.45. The average molecular weight is 288 g/mol. The second-order valence-corrected chi connectivity index (χ2v) is 6.57. The van der Waals surface area contributed by atoms with Crippen molar-refractivity contribution in [3.8, 4) is 5.75 Å². The molecule has 3 nitrogen and oxygen atoms in total. The monoisotopic (exact) mass is 288 g/mol. The van der Waals surface area contributed by atoms with Gasteiger partial charge in [0.25, 0.3) is 0 Å². The molecule has 1 aliphatic heterocycles. The molecule has 0 spiro atoms. The van der Waals surface area contributed by atoms with Crippen molar-refractivity contribution in [2.75, 3.05) is 33.8 Å². The van der Waals surface area contributed by atoms with Gasteiger partial charge in [-0.25, -0.2) is 0 Å². The number of methoxy groups -OCH3 is 1. The van der Waals surface area contributed by atoms with Gasteiger partial charge in [0.05, 0.1) is 7.11 Å². The molecule has 1 N–H and O–H groups in total. The van der Waals surface area contributed by atoms with Crippen molar-refractivity contribution in [1.82, 2.24) is 10.2 Å². The topological polar surface area (TPSA) is 24.5 Å². The van der Waals surface area contributed by atoms with Crippen molar-refractivity contribution in [2.24, 2.45) is 5.92 Å². The molecule has 116 valence electrons. The lowest BCUT2D eigenvalue weighted by atomic mass is 9.85. The van der Waals surface area contributed by atoms with Crippen LogP contribution >= 0.6 is 0 Å². The number of hydrogen-bond donors (Lipinski definition) is 1. The number of hydrogen-bond acceptors (Lipinski definition) is 3. The zero-order valence-electron chi connectivity index (χ0n) is 13.4. The van der Waals surface area contributed by atoms with Crippen molar-refractivity contribution in [1.29, 1.82) is 0 Å². The molecule has 21 heavy (non-hydrogen) atoms. The van der Waals surface area contributed by atoms with Crippen molar-refractivity contribution >= 4 is 0 Å². The van der Waals surface area contributed by atoms with E-state index in [4.69, 9.17) is 4.74 Å². The van der Waals surface area contributed by atoms with E-state index in [9.17, 15) is 0 Å². The third-order valence-electron chi connectivity index (χ3n) is 5.27. The Bertz CT molecular complexity index is 466. The molecule has 0 radical (unpaired) electrons. The van der Waals surface area contributed by atoms with Gasteiger partial charge in [-0.05, 0) is 88.0 Å². The second kappa shape index (κ2) is 6.80. The molecule has 0 amide bonds. The highest BCUT2D eigenvalue weighted by atomic mass is 16.5. The van der Waals surface area contributed by atoms with Crippen LogP contribution in [0.15, 0.2) is 18.2 Å². The molecule has 1 aromatic rings. The molecule has 1 heterocycles. The smallest absolute Gasteiger partial charge is 0.119 e. The molecule has 1 aromatic carbocycles. The zero-order chi connectivity index (χ0) is 14.7. The van der Waals surface area contributed by atoms with Crippen LogP contribution in [0, 0.1) is 5.92 Å². The Morgan fingerprint density at radius 1 is 1.19 bits per heavy atom. The Kier molecular flexibility index (Phi) is 4.81. The predicted molar refractivity (Wildman–Crippen MR) is 87.0 cm³/mol. The van der Waals surface area contributed by atoms with Gasteiger partial charge in [0.2, 0.25) is 0 Å². The summed E-state index contributed by atoms with van der Waals surface area (Å²) in [4.78, 5) is 2.73. The highest BCUT2D eigenvalue weighted by Crippen LogP contribution is 2.29. The largest absolute Gasteiger partial charge is 0.497 e.